The van der Waals surface area contributed by atoms with Crippen molar-refractivity contribution >= 4 is 0 Å². The van der Waals surface area contributed by atoms with Crippen LogP contribution in [0.15, 0.2) is 0 Å². The van der Waals surface area contributed by atoms with Crippen LogP contribution in [0.3, 0.4) is 0 Å². The minimum Gasteiger partial charge on any atom is -0.381 e. The van der Waals surface area contributed by atoms with Gasteiger partial charge in [-0.2, -0.15) is 0 Å². The molecule has 21 heavy (non-hydrogen) atoms. The van der Waals surface area contributed by atoms with Gasteiger partial charge in [0.1, 0.15) is 0 Å². The Balaban J connectivity index is 1.18. The summed E-state index contributed by atoms with van der Waals surface area (Å²) < 4.78 is 5.97. The summed E-state index contributed by atoms with van der Waals surface area (Å²) in [5, 5.41) is 0. The lowest BCUT2D eigenvalue weighted by atomic mass is 9.74. The molecule has 0 saturated heterocycles. The minimum atomic E-state index is 0.898. The first-order valence-electron chi connectivity index (χ1n) is 9.80. The van der Waals surface area contributed by atoms with Crippen LogP contribution in [-0.4, -0.2) is 13.2 Å². The first-order valence-corrected chi connectivity index (χ1v) is 9.80. The molecule has 6 unspecified atom stereocenters. The maximum atomic E-state index is 5.97. The number of fused-ring (bicyclic) bond motifs is 1. The van der Waals surface area contributed by atoms with Crippen LogP contribution in [0.25, 0.3) is 0 Å². The van der Waals surface area contributed by atoms with Crippen LogP contribution in [-0.2, 0) is 4.74 Å². The Hall–Kier alpha value is -0.0400. The van der Waals surface area contributed by atoms with Gasteiger partial charge in [-0.15, -0.1) is 0 Å². The molecule has 122 valence electrons. The van der Waals surface area contributed by atoms with Crippen molar-refractivity contribution < 1.29 is 4.74 Å². The molecule has 6 atom stereocenters. The van der Waals surface area contributed by atoms with E-state index in [9.17, 15) is 0 Å². The summed E-state index contributed by atoms with van der Waals surface area (Å²) in [6.07, 6.45) is 14.5. The standard InChI is InChI=1S/C20H36O/c1-15-6-7-17(11-16(15)2)5-3-4-10-21-14-18-8-9-19-13-20(19)12-18/h15-20H,3-14H2,1-2H3. The van der Waals surface area contributed by atoms with Crippen molar-refractivity contribution in [3.63, 3.8) is 0 Å². The number of hydrogen-bond donors (Lipinski definition) is 0. The van der Waals surface area contributed by atoms with Gasteiger partial charge in [0, 0.05) is 13.2 Å². The summed E-state index contributed by atoms with van der Waals surface area (Å²) in [5.74, 6) is 6.06. The van der Waals surface area contributed by atoms with E-state index >= 15 is 0 Å². The van der Waals surface area contributed by atoms with Gasteiger partial charge in [-0.3, -0.25) is 0 Å². The predicted molar refractivity (Wildman–Crippen MR) is 89.3 cm³/mol. The Morgan fingerprint density at radius 3 is 2.43 bits per heavy atom. The van der Waals surface area contributed by atoms with Crippen LogP contribution in [0, 0.1) is 35.5 Å². The monoisotopic (exact) mass is 292 g/mol. The molecule has 0 aromatic rings. The van der Waals surface area contributed by atoms with E-state index < -0.39 is 0 Å². The van der Waals surface area contributed by atoms with Crippen molar-refractivity contribution in [3.05, 3.63) is 0 Å². The van der Waals surface area contributed by atoms with Crippen LogP contribution in [0.5, 0.6) is 0 Å². The van der Waals surface area contributed by atoms with Crippen molar-refractivity contribution in [2.75, 3.05) is 13.2 Å². The first-order chi connectivity index (χ1) is 10.2. The normalized spacial score (nSPS) is 42.6. The summed E-state index contributed by atoms with van der Waals surface area (Å²) in [6, 6.07) is 0. The number of unbranched alkanes of at least 4 members (excludes halogenated alkanes) is 1. The van der Waals surface area contributed by atoms with Crippen molar-refractivity contribution in [3.8, 4) is 0 Å². The van der Waals surface area contributed by atoms with Crippen LogP contribution in [0.2, 0.25) is 0 Å². The van der Waals surface area contributed by atoms with Gasteiger partial charge in [-0.05, 0) is 74.0 Å². The lowest BCUT2D eigenvalue weighted by Gasteiger charge is -2.32. The van der Waals surface area contributed by atoms with Crippen LogP contribution < -0.4 is 0 Å². The largest absolute Gasteiger partial charge is 0.381 e. The van der Waals surface area contributed by atoms with E-state index in [4.69, 9.17) is 4.74 Å². The predicted octanol–water partition coefficient (Wildman–Crippen LogP) is 5.68. The van der Waals surface area contributed by atoms with Gasteiger partial charge in [-0.1, -0.05) is 39.5 Å². The smallest absolute Gasteiger partial charge is 0.0494 e. The molecule has 0 N–H and O–H groups in total. The molecule has 0 amide bonds. The zero-order chi connectivity index (χ0) is 14.7. The van der Waals surface area contributed by atoms with Gasteiger partial charge in [0.05, 0.1) is 0 Å². The molecule has 0 radical (unpaired) electrons. The Labute approximate surface area is 132 Å². The quantitative estimate of drug-likeness (QED) is 0.548. The lowest BCUT2D eigenvalue weighted by molar-refractivity contribution is 0.0793. The van der Waals surface area contributed by atoms with E-state index in [1.54, 1.807) is 0 Å². The average molecular weight is 293 g/mol. The Bertz CT molecular complexity index is 313. The van der Waals surface area contributed by atoms with E-state index in [2.05, 4.69) is 13.8 Å². The highest BCUT2D eigenvalue weighted by Gasteiger charge is 2.41. The average Bonchev–Trinajstić information content (AvgIpc) is 3.25. The molecule has 1 heteroatoms. The fourth-order valence-corrected chi connectivity index (χ4v) is 4.91. The highest BCUT2D eigenvalue weighted by molar-refractivity contribution is 4.92. The molecule has 3 rings (SSSR count). The van der Waals surface area contributed by atoms with E-state index in [1.165, 1.54) is 64.2 Å². The highest BCUT2D eigenvalue weighted by atomic mass is 16.5. The lowest BCUT2D eigenvalue weighted by Crippen LogP contribution is -2.20. The number of ether oxygens (including phenoxy) is 1. The third-order valence-electron chi connectivity index (χ3n) is 6.86. The molecule has 0 aliphatic heterocycles. The molecule has 3 saturated carbocycles. The molecule has 0 aromatic heterocycles. The van der Waals surface area contributed by atoms with Crippen LogP contribution in [0.4, 0.5) is 0 Å². The Morgan fingerprint density at radius 1 is 0.762 bits per heavy atom. The zero-order valence-electron chi connectivity index (χ0n) is 14.4. The molecular formula is C20H36O. The van der Waals surface area contributed by atoms with E-state index in [0.29, 0.717) is 0 Å². The van der Waals surface area contributed by atoms with Crippen molar-refractivity contribution in [1.82, 2.24) is 0 Å². The summed E-state index contributed by atoms with van der Waals surface area (Å²) in [4.78, 5) is 0. The minimum absolute atomic E-state index is 0.898. The van der Waals surface area contributed by atoms with Gasteiger partial charge in [0.2, 0.25) is 0 Å². The fraction of sp³-hybridized carbons (Fsp3) is 1.00. The van der Waals surface area contributed by atoms with E-state index in [1.807, 2.05) is 0 Å². The maximum absolute atomic E-state index is 5.97. The second-order valence-electron chi connectivity index (χ2n) is 8.64. The van der Waals surface area contributed by atoms with Crippen molar-refractivity contribution in [1.29, 1.82) is 0 Å². The van der Waals surface area contributed by atoms with Gasteiger partial charge < -0.3 is 4.74 Å². The Morgan fingerprint density at radius 2 is 1.62 bits per heavy atom. The molecule has 1 nitrogen and oxygen atoms in total. The third kappa shape index (κ3) is 4.71. The second-order valence-corrected chi connectivity index (χ2v) is 8.64. The SMILES string of the molecule is CC1CCC(CCCCOCC2CCC3CC3C2)CC1C. The van der Waals surface area contributed by atoms with E-state index in [-0.39, 0.29) is 0 Å². The molecule has 3 aliphatic carbocycles. The zero-order valence-corrected chi connectivity index (χ0v) is 14.4. The number of rotatable bonds is 7. The molecule has 0 aromatic carbocycles. The molecule has 3 fully saturated rings. The first kappa shape index (κ1) is 15.8. The maximum Gasteiger partial charge on any atom is 0.0494 e. The fourth-order valence-electron chi connectivity index (χ4n) is 4.91. The third-order valence-corrected chi connectivity index (χ3v) is 6.86. The van der Waals surface area contributed by atoms with Crippen molar-refractivity contribution in [2.24, 2.45) is 35.5 Å². The topological polar surface area (TPSA) is 9.23 Å². The molecule has 3 aliphatic rings. The Kier molecular flexibility index (Phi) is 5.65. The van der Waals surface area contributed by atoms with Gasteiger partial charge in [-0.25, -0.2) is 0 Å². The molecule has 0 spiro atoms. The number of hydrogen-bond acceptors (Lipinski definition) is 1. The highest BCUT2D eigenvalue weighted by Crippen LogP contribution is 2.51. The van der Waals surface area contributed by atoms with Gasteiger partial charge in [0.25, 0.3) is 0 Å². The molecular weight excluding hydrogens is 256 g/mol. The molecule has 0 bridgehead atoms. The van der Waals surface area contributed by atoms with Gasteiger partial charge >= 0.3 is 0 Å². The van der Waals surface area contributed by atoms with E-state index in [0.717, 1.165) is 48.7 Å². The molecule has 0 heterocycles. The van der Waals surface area contributed by atoms with Crippen molar-refractivity contribution in [2.45, 2.75) is 78.1 Å². The summed E-state index contributed by atoms with van der Waals surface area (Å²) in [5.41, 5.74) is 0. The summed E-state index contributed by atoms with van der Waals surface area (Å²) in [6.45, 7) is 6.96. The summed E-state index contributed by atoms with van der Waals surface area (Å²) >= 11 is 0. The second kappa shape index (κ2) is 7.49. The van der Waals surface area contributed by atoms with Crippen LogP contribution in [0.1, 0.15) is 78.1 Å². The van der Waals surface area contributed by atoms with Crippen LogP contribution >= 0.6 is 0 Å². The summed E-state index contributed by atoms with van der Waals surface area (Å²) in [7, 11) is 0. The van der Waals surface area contributed by atoms with Gasteiger partial charge in [0.15, 0.2) is 0 Å².